The van der Waals surface area contributed by atoms with Crippen molar-refractivity contribution in [3.63, 3.8) is 0 Å². The molecule has 9 aliphatic heterocycles. The molecule has 0 aromatic heterocycles. The Morgan fingerprint density at radius 3 is 0.949 bits per heavy atom. The highest BCUT2D eigenvalue weighted by atomic mass is 16.7. The van der Waals surface area contributed by atoms with Crippen LogP contribution in [-0.2, 0) is 71.1 Å². The quantitative estimate of drug-likeness (QED) is 0.0744. The van der Waals surface area contributed by atoms with Gasteiger partial charge in [-0.2, -0.15) is 0 Å². The number of nitrogens with zero attached hydrogens (tertiary/aromatic N) is 3. The van der Waals surface area contributed by atoms with E-state index in [1.807, 2.05) is 34.8 Å². The highest BCUT2D eigenvalue weighted by Crippen LogP contribution is 2.94. The van der Waals surface area contributed by atoms with Crippen LogP contribution in [0.15, 0.2) is 0 Å². The molecule has 0 amide bonds. The lowest BCUT2D eigenvalue weighted by Crippen LogP contribution is -2.61. The lowest BCUT2D eigenvalue weighted by molar-refractivity contribution is -0.256. The van der Waals surface area contributed by atoms with Gasteiger partial charge in [0.1, 0.15) is 18.3 Å². The third-order valence-electron chi connectivity index (χ3n) is 49.7. The largest absolute Gasteiger partial charge is 0.390 e. The number of ether oxygens (including phenoxy) is 15. The second kappa shape index (κ2) is 34.3. The molecule has 0 bridgehead atoms. The van der Waals surface area contributed by atoms with Crippen LogP contribution in [0.25, 0.3) is 0 Å². The zero-order chi connectivity index (χ0) is 98.0. The van der Waals surface area contributed by atoms with Gasteiger partial charge in [-0.3, -0.25) is 14.7 Å². The lowest BCUT2D eigenvalue weighted by atomic mass is 9.41. The SMILES string of the molecule is CO[C@@H]([C@H]1C[C@@H](C)[C@H]2[C@H](O1)[C@H](O)[C@@]1(C)[C@@H]3CC[C@H]4C(C)(C)[C@@H](O[C@H]5CN(C6COC6)CCO5)CC[C@@]45C[C@@]35CC[C@]21C)C(C)(C)O.CO[C@@H]([C@H]1C[C@@H](C)[C@H]2[C@H](O1)[C@H](OC)[C@@]1(C)[C@@H]3CC[C@H]4C(C)(C)[C@@H](O[C@H]5CN(C6COC6)CCO5)CC[C@@]45C[C@@]35CC[C@]21C)C(C)(C)O.C[C@@H]1C[C@H]([C@H](O)C(C)(C)O)O[C@H]2[C@H]1[C@@]1(C)CC[C@@]34C[C@@]35CC[C@H](O[C@H]3CN(C6COC6)CCO3)C(C)(C)[C@@H]5CC[C@H]4[C@]1(C)[C@H]2O. The maximum atomic E-state index is 12.5. The molecular weight excluding hydrogens is 1750 g/mol. The van der Waals surface area contributed by atoms with E-state index in [2.05, 4.69) is 119 Å². The van der Waals surface area contributed by atoms with Crippen LogP contribution in [0.3, 0.4) is 0 Å². The molecule has 15 aliphatic carbocycles. The van der Waals surface area contributed by atoms with Gasteiger partial charge in [-0.05, 0) is 332 Å². The van der Waals surface area contributed by atoms with Crippen LogP contribution in [0.4, 0.5) is 0 Å². The minimum atomic E-state index is -1.24. The van der Waals surface area contributed by atoms with Crippen LogP contribution >= 0.6 is 0 Å². The topological polar surface area (TPSA) is 270 Å². The van der Waals surface area contributed by atoms with Crippen molar-refractivity contribution in [2.24, 2.45) is 152 Å². The van der Waals surface area contributed by atoms with E-state index >= 15 is 0 Å². The van der Waals surface area contributed by atoms with Crippen molar-refractivity contribution in [2.75, 3.05) is 120 Å². The summed E-state index contributed by atoms with van der Waals surface area (Å²) < 4.78 is 94.9. The first-order valence-electron chi connectivity index (χ1n) is 56.4. The van der Waals surface area contributed by atoms with Crippen molar-refractivity contribution in [3.05, 3.63) is 0 Å². The number of hydrogen-bond donors (Lipinski definition) is 6. The van der Waals surface area contributed by atoms with Crippen molar-refractivity contribution in [2.45, 2.75) is 445 Å². The first-order valence-corrected chi connectivity index (χ1v) is 56.4. The van der Waals surface area contributed by atoms with E-state index in [1.165, 1.54) is 103 Å². The maximum absolute atomic E-state index is 12.5. The van der Waals surface area contributed by atoms with Gasteiger partial charge in [0.25, 0.3) is 0 Å². The van der Waals surface area contributed by atoms with Gasteiger partial charge in [-0.25, -0.2) is 0 Å². The average molecular weight is 1940 g/mol. The fourth-order valence-corrected chi connectivity index (χ4v) is 42.9. The smallest absolute Gasteiger partial charge is 0.170 e. The van der Waals surface area contributed by atoms with E-state index in [0.29, 0.717) is 116 Å². The van der Waals surface area contributed by atoms with Gasteiger partial charge in [0.2, 0.25) is 0 Å². The van der Waals surface area contributed by atoms with Gasteiger partial charge in [0.15, 0.2) is 18.9 Å². The van der Waals surface area contributed by atoms with Crippen LogP contribution in [-0.4, -0.2) is 311 Å². The number of fused-ring (bicyclic) bond motifs is 12. The zero-order valence-corrected chi connectivity index (χ0v) is 89.8. The van der Waals surface area contributed by atoms with E-state index in [9.17, 15) is 30.6 Å². The molecule has 6 spiro atoms. The molecule has 786 valence electrons. The summed E-state index contributed by atoms with van der Waals surface area (Å²) in [5, 5.41) is 68.6. The minimum absolute atomic E-state index is 0.0147. The van der Waals surface area contributed by atoms with Gasteiger partial charge >= 0.3 is 0 Å². The molecule has 0 unspecified atom stereocenters. The summed E-state index contributed by atoms with van der Waals surface area (Å²) in [6.45, 7) is 60.5. The van der Waals surface area contributed by atoms with Crippen LogP contribution in [0, 0.1) is 152 Å². The fourth-order valence-electron chi connectivity index (χ4n) is 42.9. The summed E-state index contributed by atoms with van der Waals surface area (Å²) in [6.07, 6.45) is 24.4. The molecule has 0 radical (unpaired) electrons. The molecule has 0 aromatic carbocycles. The Bertz CT molecular complexity index is 4410. The number of methoxy groups -OCH3 is 3. The molecule has 138 heavy (non-hydrogen) atoms. The summed E-state index contributed by atoms with van der Waals surface area (Å²) in [6, 6.07) is 1.57. The van der Waals surface area contributed by atoms with E-state index in [1.54, 1.807) is 28.1 Å². The average Bonchev–Trinajstić information content (AvgIpc) is 1.46. The Labute approximate surface area is 829 Å². The first kappa shape index (κ1) is 102. The summed E-state index contributed by atoms with van der Waals surface area (Å²) in [5.74, 6) is 5.75. The van der Waals surface area contributed by atoms with Crippen LogP contribution in [0.2, 0.25) is 0 Å². The predicted molar refractivity (Wildman–Crippen MR) is 522 cm³/mol. The number of aliphatic hydroxyl groups is 6. The predicted octanol–water partition coefficient (Wildman–Crippen LogP) is 15.1. The third-order valence-corrected chi connectivity index (χ3v) is 49.7. The highest BCUT2D eigenvalue weighted by molar-refractivity contribution is 5.38. The van der Waals surface area contributed by atoms with Crippen molar-refractivity contribution in [1.82, 2.24) is 14.7 Å². The Morgan fingerprint density at radius 2 is 0.645 bits per heavy atom. The standard InChI is InChI=1S/C39H65NO7.C38H63NO7.C37H61NO7/c1-23-18-25(32(42-8)35(4,5)41)46-31-30(23)36(6)14-15-39-22-38(39)13-12-28(47-29-19-40(16-17-45-29)24-20-44-21-24)34(2,3)26(38)10-11-27(39)37(36,7)33(31)43-9;1-22-17-24(32(42-8)34(4,5)41)45-30-29(22)35(6)13-14-38-21-37(38)12-11-27(46-28-18-39(15-16-44-28)23-19-43-20-23)33(2,3)25(37)9-10-26(38)36(35,7)31(30)40;1-21-16-23(30(39)33(4,5)41)44-29-28(21)34(6)12-13-37-20-36(37)11-10-26(45-27-17-38(14-15-43-27)22-18-42-19-22)32(2,3)24(36)8-9-25(37)35(34,7)31(29)40/h23-33,41H,10-22H2,1-9H3;22-32,40-41H,9-21H2,1-8H3;21-31,39-41H,8-20H2,1-7H3/t23-,25-,26+,27+,28+,29+,30+,31+,32+,33+,36-,37-,38-,39+;22-,24-,25+,26+,27+,28+,29+,30+,31+,32+,35-,36-,37-,38+;21-,23-,24+,25+,26+,27+,28+,29+,30+,31+,34-,35-,36-,37+/m111/s1. The summed E-state index contributed by atoms with van der Waals surface area (Å²) in [5.41, 5.74) is -1.09. The third kappa shape index (κ3) is 14.2. The van der Waals surface area contributed by atoms with Gasteiger partial charge in [-0.15, -0.1) is 0 Å². The van der Waals surface area contributed by atoms with Crippen molar-refractivity contribution in [3.8, 4) is 0 Å². The van der Waals surface area contributed by atoms with Gasteiger partial charge in [0.05, 0.1) is 187 Å². The van der Waals surface area contributed by atoms with E-state index in [-0.39, 0.29) is 135 Å². The molecule has 24 rings (SSSR count). The van der Waals surface area contributed by atoms with Crippen LogP contribution in [0.5, 0.6) is 0 Å². The zero-order valence-electron chi connectivity index (χ0n) is 89.8. The summed E-state index contributed by atoms with van der Waals surface area (Å²) >= 11 is 0. The van der Waals surface area contributed by atoms with Gasteiger partial charge < -0.3 is 102 Å². The maximum Gasteiger partial charge on any atom is 0.170 e. The first-order chi connectivity index (χ1) is 64.9. The molecule has 24 heteroatoms. The monoisotopic (exact) mass is 1940 g/mol. The second-order valence-corrected chi connectivity index (χ2v) is 56.9. The highest BCUT2D eigenvalue weighted by Gasteiger charge is 2.90. The molecular formula is C114H189N3O21. The number of morpholine rings is 3. The number of aliphatic hydroxyl groups excluding tert-OH is 3. The summed E-state index contributed by atoms with van der Waals surface area (Å²) in [4.78, 5) is 7.53. The normalized spacial score (nSPS) is 54.0. The van der Waals surface area contributed by atoms with E-state index < -0.39 is 47.3 Å². The molecule has 42 atom stereocenters. The Morgan fingerprint density at radius 1 is 0.355 bits per heavy atom. The minimum Gasteiger partial charge on any atom is -0.390 e. The molecule has 24 nitrogen and oxygen atoms in total. The Hall–Kier alpha value is -0.960. The second-order valence-electron chi connectivity index (χ2n) is 56.9. The number of hydrogen-bond acceptors (Lipinski definition) is 24. The molecule has 24 fully saturated rings. The van der Waals surface area contributed by atoms with Gasteiger partial charge in [0, 0.05) is 57.2 Å². The number of rotatable bonds is 18. The fraction of sp³-hybridized carbons (Fsp3) is 1.00. The van der Waals surface area contributed by atoms with E-state index in [0.717, 1.165) is 150 Å². The molecule has 6 N–H and O–H groups in total. The molecule has 9 heterocycles. The summed E-state index contributed by atoms with van der Waals surface area (Å²) in [7, 11) is 5.33. The molecule has 24 aliphatic rings. The molecule has 15 saturated carbocycles. The molecule has 9 saturated heterocycles. The Balaban J connectivity index is 0.000000120. The van der Waals surface area contributed by atoms with Gasteiger partial charge in [-0.1, -0.05) is 104 Å². The van der Waals surface area contributed by atoms with E-state index in [4.69, 9.17) is 71.1 Å². The Kier molecular flexibility index (Phi) is 25.2. The van der Waals surface area contributed by atoms with Crippen molar-refractivity contribution < 1.29 is 102 Å². The van der Waals surface area contributed by atoms with Crippen molar-refractivity contribution in [1.29, 1.82) is 0 Å². The molecule has 0 aromatic rings. The van der Waals surface area contributed by atoms with Crippen molar-refractivity contribution >= 4 is 0 Å². The lowest BCUT2D eigenvalue weighted by Gasteiger charge is -2.64. The van der Waals surface area contributed by atoms with Crippen LogP contribution < -0.4 is 0 Å². The van der Waals surface area contributed by atoms with Crippen LogP contribution in [0.1, 0.15) is 299 Å².